The molecule has 1 aliphatic carbocycles. The molecule has 1 aromatic rings. The van der Waals surface area contributed by atoms with E-state index in [0.29, 0.717) is 18.5 Å². The number of amides is 1. The first-order chi connectivity index (χ1) is 7.42. The fraction of sp³-hybridized carbons (Fsp3) is 0.300. The highest BCUT2D eigenvalue weighted by Crippen LogP contribution is 2.37. The summed E-state index contributed by atoms with van der Waals surface area (Å²) in [4.78, 5) is 11.6. The van der Waals surface area contributed by atoms with Crippen LogP contribution in [0.15, 0.2) is 12.1 Å². The Labute approximate surface area is 114 Å². The van der Waals surface area contributed by atoms with Crippen LogP contribution in [0.4, 0.5) is 5.69 Å². The van der Waals surface area contributed by atoms with Crippen molar-refractivity contribution in [2.24, 2.45) is 5.73 Å². The summed E-state index contributed by atoms with van der Waals surface area (Å²) < 4.78 is 0. The normalized spacial score (nSPS) is 15.9. The van der Waals surface area contributed by atoms with Crippen molar-refractivity contribution in [3.8, 4) is 5.75 Å². The lowest BCUT2D eigenvalue weighted by Gasteiger charge is -2.11. The van der Waals surface area contributed by atoms with Crippen LogP contribution >= 0.6 is 35.6 Å². The van der Waals surface area contributed by atoms with Crippen molar-refractivity contribution in [3.05, 3.63) is 22.2 Å². The Morgan fingerprint density at radius 2 is 1.82 bits per heavy atom. The van der Waals surface area contributed by atoms with Crippen LogP contribution in [0.25, 0.3) is 0 Å². The number of nitrogens with one attached hydrogen (secondary N) is 1. The van der Waals surface area contributed by atoms with Crippen LogP contribution in [-0.2, 0) is 4.79 Å². The minimum Gasteiger partial charge on any atom is -0.505 e. The zero-order chi connectivity index (χ0) is 11.9. The van der Waals surface area contributed by atoms with E-state index in [1.165, 1.54) is 12.1 Å². The van der Waals surface area contributed by atoms with Crippen molar-refractivity contribution in [2.75, 3.05) is 5.32 Å². The highest BCUT2D eigenvalue weighted by molar-refractivity contribution is 6.37. The van der Waals surface area contributed by atoms with E-state index < -0.39 is 5.54 Å². The van der Waals surface area contributed by atoms with Gasteiger partial charge in [0, 0.05) is 5.69 Å². The molecule has 0 spiro atoms. The largest absolute Gasteiger partial charge is 0.505 e. The number of halogens is 3. The van der Waals surface area contributed by atoms with Crippen molar-refractivity contribution >= 4 is 47.2 Å². The lowest BCUT2D eigenvalue weighted by atomic mass is 10.2. The molecule has 0 bridgehead atoms. The number of carbonyl (C=O) groups is 1. The molecule has 0 unspecified atom stereocenters. The molecule has 0 atom stereocenters. The molecule has 4 nitrogen and oxygen atoms in total. The molecule has 1 fully saturated rings. The smallest absolute Gasteiger partial charge is 0.244 e. The molecular weight excluding hydrogens is 286 g/mol. The van der Waals surface area contributed by atoms with Gasteiger partial charge in [0.25, 0.3) is 0 Å². The van der Waals surface area contributed by atoms with Crippen LogP contribution in [0.2, 0.25) is 10.0 Å². The number of phenolic OH excluding ortho intramolecular Hbond substituents is 1. The summed E-state index contributed by atoms with van der Waals surface area (Å²) in [7, 11) is 0. The van der Waals surface area contributed by atoms with Gasteiger partial charge in [0.15, 0.2) is 5.75 Å². The fourth-order valence-corrected chi connectivity index (χ4v) is 1.74. The summed E-state index contributed by atoms with van der Waals surface area (Å²) >= 11 is 11.4. The Hall–Kier alpha value is -0.680. The third-order valence-corrected chi connectivity index (χ3v) is 3.09. The quantitative estimate of drug-likeness (QED) is 0.734. The van der Waals surface area contributed by atoms with Crippen molar-refractivity contribution in [3.63, 3.8) is 0 Å². The maximum Gasteiger partial charge on any atom is 0.244 e. The molecule has 7 heteroatoms. The third kappa shape index (κ3) is 2.96. The Morgan fingerprint density at radius 1 is 1.35 bits per heavy atom. The van der Waals surface area contributed by atoms with Crippen LogP contribution < -0.4 is 11.1 Å². The third-order valence-electron chi connectivity index (χ3n) is 2.52. The second-order valence-corrected chi connectivity index (χ2v) is 4.71. The first-order valence-corrected chi connectivity index (χ1v) is 5.46. The molecule has 0 aliphatic heterocycles. The first-order valence-electron chi connectivity index (χ1n) is 4.71. The molecule has 94 valence electrons. The Balaban J connectivity index is 0.00000144. The van der Waals surface area contributed by atoms with Gasteiger partial charge in [-0.05, 0) is 25.0 Å². The van der Waals surface area contributed by atoms with E-state index in [2.05, 4.69) is 5.32 Å². The van der Waals surface area contributed by atoms with Crippen LogP contribution in [0, 0.1) is 0 Å². The molecule has 4 N–H and O–H groups in total. The molecular formula is C10H11Cl3N2O2. The molecule has 1 amide bonds. The number of anilines is 1. The zero-order valence-corrected chi connectivity index (χ0v) is 11.0. The van der Waals surface area contributed by atoms with Gasteiger partial charge in [-0.2, -0.15) is 0 Å². The van der Waals surface area contributed by atoms with Crippen molar-refractivity contribution in [2.45, 2.75) is 18.4 Å². The van der Waals surface area contributed by atoms with Gasteiger partial charge in [0.1, 0.15) is 0 Å². The van der Waals surface area contributed by atoms with Crippen molar-refractivity contribution < 1.29 is 9.90 Å². The summed E-state index contributed by atoms with van der Waals surface area (Å²) in [6.45, 7) is 0. The number of phenols is 1. The number of hydrogen-bond acceptors (Lipinski definition) is 3. The predicted molar refractivity (Wildman–Crippen MR) is 70.2 cm³/mol. The van der Waals surface area contributed by atoms with Crippen LogP contribution in [0.5, 0.6) is 5.75 Å². The van der Waals surface area contributed by atoms with E-state index in [1.54, 1.807) is 0 Å². The van der Waals surface area contributed by atoms with Crippen LogP contribution in [0.3, 0.4) is 0 Å². The molecule has 1 aromatic carbocycles. The minimum absolute atomic E-state index is 0. The summed E-state index contributed by atoms with van der Waals surface area (Å²) in [5, 5.41) is 12.1. The second-order valence-electron chi connectivity index (χ2n) is 3.90. The monoisotopic (exact) mass is 296 g/mol. The highest BCUT2D eigenvalue weighted by atomic mass is 35.5. The van der Waals surface area contributed by atoms with E-state index in [1.807, 2.05) is 0 Å². The standard InChI is InChI=1S/C10H10Cl2N2O2.ClH/c11-6-3-5(4-7(12)8(6)15)14-9(16)10(13)1-2-10;/h3-4,15H,1-2,13H2,(H,14,16);1H. The Bertz CT molecular complexity index is 438. The number of rotatable bonds is 2. The number of carbonyl (C=O) groups excluding carboxylic acids is 1. The molecule has 0 radical (unpaired) electrons. The van der Waals surface area contributed by atoms with Crippen molar-refractivity contribution in [1.82, 2.24) is 0 Å². The molecule has 0 aromatic heterocycles. The topological polar surface area (TPSA) is 75.4 Å². The number of aromatic hydroxyl groups is 1. The minimum atomic E-state index is -0.753. The van der Waals surface area contributed by atoms with Gasteiger partial charge in [-0.15, -0.1) is 12.4 Å². The molecule has 1 aliphatic rings. The van der Waals surface area contributed by atoms with Gasteiger partial charge in [0.05, 0.1) is 15.6 Å². The predicted octanol–water partition coefficient (Wildman–Crippen LogP) is 2.55. The molecule has 1 saturated carbocycles. The Kier molecular flexibility index (Phi) is 4.15. The summed E-state index contributed by atoms with van der Waals surface area (Å²) in [6, 6.07) is 2.85. The Morgan fingerprint density at radius 3 is 2.24 bits per heavy atom. The van der Waals surface area contributed by atoms with Gasteiger partial charge in [0.2, 0.25) is 5.91 Å². The van der Waals surface area contributed by atoms with E-state index in [-0.39, 0.29) is 34.1 Å². The first kappa shape index (κ1) is 14.4. The number of hydrogen-bond donors (Lipinski definition) is 3. The van der Waals surface area contributed by atoms with E-state index in [0.717, 1.165) is 0 Å². The molecule has 0 heterocycles. The van der Waals surface area contributed by atoms with Gasteiger partial charge >= 0.3 is 0 Å². The van der Waals surface area contributed by atoms with Gasteiger partial charge in [-0.1, -0.05) is 23.2 Å². The SMILES string of the molecule is Cl.NC1(C(=O)Nc2cc(Cl)c(O)c(Cl)c2)CC1. The fourth-order valence-electron chi connectivity index (χ4n) is 1.25. The van der Waals surface area contributed by atoms with Crippen LogP contribution in [0.1, 0.15) is 12.8 Å². The summed E-state index contributed by atoms with van der Waals surface area (Å²) in [5.41, 5.74) is 5.39. The van der Waals surface area contributed by atoms with E-state index >= 15 is 0 Å². The van der Waals surface area contributed by atoms with Crippen molar-refractivity contribution in [1.29, 1.82) is 0 Å². The van der Waals surface area contributed by atoms with E-state index in [9.17, 15) is 9.90 Å². The lowest BCUT2D eigenvalue weighted by molar-refractivity contribution is -0.118. The van der Waals surface area contributed by atoms with Crippen LogP contribution in [-0.4, -0.2) is 16.6 Å². The molecule has 0 saturated heterocycles. The molecule has 17 heavy (non-hydrogen) atoms. The highest BCUT2D eigenvalue weighted by Gasteiger charge is 2.45. The van der Waals surface area contributed by atoms with Gasteiger partial charge < -0.3 is 16.2 Å². The second kappa shape index (κ2) is 4.90. The van der Waals surface area contributed by atoms with E-state index in [4.69, 9.17) is 28.9 Å². The maximum absolute atomic E-state index is 11.6. The maximum atomic E-state index is 11.6. The number of nitrogens with two attached hydrogens (primary N) is 1. The zero-order valence-electron chi connectivity index (χ0n) is 8.67. The van der Waals surface area contributed by atoms with Gasteiger partial charge in [-0.25, -0.2) is 0 Å². The average Bonchev–Trinajstić information content (AvgIpc) is 2.94. The molecule has 2 rings (SSSR count). The average molecular weight is 298 g/mol. The summed E-state index contributed by atoms with van der Waals surface area (Å²) in [5.74, 6) is -0.458. The lowest BCUT2D eigenvalue weighted by Crippen LogP contribution is -2.37. The summed E-state index contributed by atoms with van der Waals surface area (Å²) in [6.07, 6.45) is 1.36. The van der Waals surface area contributed by atoms with Gasteiger partial charge in [-0.3, -0.25) is 4.79 Å². The number of benzene rings is 1.